The average molecular weight is 226 g/mol. The van der Waals surface area contributed by atoms with Crippen LogP contribution in [0, 0.1) is 5.82 Å². The molecule has 2 N–H and O–H groups in total. The van der Waals surface area contributed by atoms with Gasteiger partial charge in [-0.05, 0) is 43.4 Å². The summed E-state index contributed by atoms with van der Waals surface area (Å²) in [6, 6.07) is 5.03. The van der Waals surface area contributed by atoms with Crippen molar-refractivity contribution in [1.82, 2.24) is 0 Å². The third-order valence-electron chi connectivity index (χ3n) is 3.96. The van der Waals surface area contributed by atoms with E-state index in [-0.39, 0.29) is 21.8 Å². The molecule has 0 radical (unpaired) electrons. The molecule has 2 aliphatic rings. The van der Waals surface area contributed by atoms with Crippen LogP contribution in [0.15, 0.2) is 18.2 Å². The molecule has 3 rings (SSSR count). The molecule has 1 aromatic carbocycles. The lowest BCUT2D eigenvalue weighted by Crippen LogP contribution is -2.37. The molecular formula is C12H13ClFN. The molecule has 2 fully saturated rings. The maximum Gasteiger partial charge on any atom is 0.141 e. The summed E-state index contributed by atoms with van der Waals surface area (Å²) in [5, 5.41) is 0.211. The fourth-order valence-corrected chi connectivity index (χ4v) is 2.79. The number of benzene rings is 1. The fraction of sp³-hybridized carbons (Fsp3) is 0.500. The topological polar surface area (TPSA) is 26.0 Å². The van der Waals surface area contributed by atoms with Crippen molar-refractivity contribution < 1.29 is 4.39 Å². The molecule has 0 aliphatic heterocycles. The smallest absolute Gasteiger partial charge is 0.141 e. The van der Waals surface area contributed by atoms with Gasteiger partial charge in [-0.25, -0.2) is 4.39 Å². The minimum atomic E-state index is -0.349. The van der Waals surface area contributed by atoms with Gasteiger partial charge in [0.15, 0.2) is 0 Å². The van der Waals surface area contributed by atoms with Crippen molar-refractivity contribution >= 4 is 11.6 Å². The van der Waals surface area contributed by atoms with Crippen molar-refractivity contribution in [1.29, 1.82) is 0 Å². The first-order valence-electron chi connectivity index (χ1n) is 5.32. The van der Waals surface area contributed by atoms with Gasteiger partial charge in [0.1, 0.15) is 5.82 Å². The second-order valence-corrected chi connectivity index (χ2v) is 5.27. The quantitative estimate of drug-likeness (QED) is 0.823. The van der Waals surface area contributed by atoms with Gasteiger partial charge in [-0.3, -0.25) is 0 Å². The van der Waals surface area contributed by atoms with Crippen LogP contribution in [0.4, 0.5) is 4.39 Å². The average Bonchev–Trinajstić information content (AvgIpc) is 3.05. The third-order valence-corrected chi connectivity index (χ3v) is 4.25. The monoisotopic (exact) mass is 225 g/mol. The highest BCUT2D eigenvalue weighted by molar-refractivity contribution is 6.30. The maximum absolute atomic E-state index is 13.1. The van der Waals surface area contributed by atoms with Gasteiger partial charge < -0.3 is 5.73 Å². The van der Waals surface area contributed by atoms with Crippen LogP contribution in [0.1, 0.15) is 31.2 Å². The number of rotatable bonds is 2. The number of nitrogens with two attached hydrogens (primary N) is 1. The Morgan fingerprint density at radius 2 is 1.87 bits per heavy atom. The van der Waals surface area contributed by atoms with Gasteiger partial charge in [-0.2, -0.15) is 0 Å². The van der Waals surface area contributed by atoms with Crippen LogP contribution in [0.25, 0.3) is 0 Å². The van der Waals surface area contributed by atoms with Crippen molar-refractivity contribution in [3.63, 3.8) is 0 Å². The first kappa shape index (κ1) is 9.61. The van der Waals surface area contributed by atoms with Gasteiger partial charge in [-0.1, -0.05) is 17.7 Å². The van der Waals surface area contributed by atoms with Crippen LogP contribution < -0.4 is 5.73 Å². The first-order valence-corrected chi connectivity index (χ1v) is 5.70. The van der Waals surface area contributed by atoms with Crippen LogP contribution in [-0.4, -0.2) is 5.54 Å². The minimum Gasteiger partial charge on any atom is -0.324 e. The van der Waals surface area contributed by atoms with Crippen molar-refractivity contribution in [2.24, 2.45) is 5.73 Å². The summed E-state index contributed by atoms with van der Waals surface area (Å²) in [7, 11) is 0. The van der Waals surface area contributed by atoms with E-state index in [1.54, 1.807) is 6.07 Å². The van der Waals surface area contributed by atoms with E-state index >= 15 is 0 Å². The summed E-state index contributed by atoms with van der Waals surface area (Å²) in [4.78, 5) is 0. The Kier molecular flexibility index (Phi) is 1.76. The van der Waals surface area contributed by atoms with Gasteiger partial charge in [0.2, 0.25) is 0 Å². The summed E-state index contributed by atoms with van der Waals surface area (Å²) >= 11 is 5.80. The van der Waals surface area contributed by atoms with Gasteiger partial charge >= 0.3 is 0 Å². The van der Waals surface area contributed by atoms with Crippen molar-refractivity contribution in [2.75, 3.05) is 0 Å². The van der Waals surface area contributed by atoms with Crippen LogP contribution in [0.3, 0.4) is 0 Å². The maximum atomic E-state index is 13.1. The van der Waals surface area contributed by atoms with E-state index < -0.39 is 0 Å². The predicted octanol–water partition coefficient (Wildman–Crippen LogP) is 3.00. The molecule has 3 heteroatoms. The molecule has 1 nitrogen and oxygen atoms in total. The molecule has 0 unspecified atom stereocenters. The Labute approximate surface area is 93.4 Å². The number of halogens is 2. The molecule has 80 valence electrons. The lowest BCUT2D eigenvalue weighted by molar-refractivity contribution is 0.502. The van der Waals surface area contributed by atoms with E-state index in [2.05, 4.69) is 0 Å². The molecule has 1 aromatic rings. The zero-order valence-corrected chi connectivity index (χ0v) is 9.15. The van der Waals surface area contributed by atoms with Crippen molar-refractivity contribution in [2.45, 2.75) is 36.6 Å². The van der Waals surface area contributed by atoms with Gasteiger partial charge in [0.05, 0.1) is 5.02 Å². The Bertz CT molecular complexity index is 422. The molecular weight excluding hydrogens is 213 g/mol. The summed E-state index contributed by atoms with van der Waals surface area (Å²) in [5.74, 6) is -0.349. The molecule has 0 amide bonds. The van der Waals surface area contributed by atoms with E-state index in [4.69, 9.17) is 17.3 Å². The Morgan fingerprint density at radius 3 is 2.33 bits per heavy atom. The summed E-state index contributed by atoms with van der Waals surface area (Å²) < 4.78 is 13.1. The number of hydrogen-bond acceptors (Lipinski definition) is 1. The molecule has 2 aliphatic carbocycles. The lowest BCUT2D eigenvalue weighted by Gasteiger charge is -2.23. The molecule has 0 aromatic heterocycles. The second-order valence-electron chi connectivity index (χ2n) is 4.87. The van der Waals surface area contributed by atoms with Crippen LogP contribution >= 0.6 is 11.6 Å². The van der Waals surface area contributed by atoms with E-state index in [0.717, 1.165) is 31.2 Å². The van der Waals surface area contributed by atoms with Gasteiger partial charge in [0, 0.05) is 11.0 Å². The van der Waals surface area contributed by atoms with E-state index in [1.165, 1.54) is 6.07 Å². The lowest BCUT2D eigenvalue weighted by atomic mass is 9.86. The van der Waals surface area contributed by atoms with E-state index in [9.17, 15) is 4.39 Å². The molecule has 2 saturated carbocycles. The Balaban J connectivity index is 2.03. The zero-order chi connectivity index (χ0) is 10.7. The van der Waals surface area contributed by atoms with Crippen LogP contribution in [0.5, 0.6) is 0 Å². The van der Waals surface area contributed by atoms with Crippen molar-refractivity contribution in [3.05, 3.63) is 34.6 Å². The third kappa shape index (κ3) is 1.25. The molecule has 0 bridgehead atoms. The van der Waals surface area contributed by atoms with E-state index in [0.29, 0.717) is 0 Å². The van der Waals surface area contributed by atoms with Crippen LogP contribution in [0.2, 0.25) is 5.02 Å². The van der Waals surface area contributed by atoms with Gasteiger partial charge in [-0.15, -0.1) is 0 Å². The van der Waals surface area contributed by atoms with Crippen LogP contribution in [-0.2, 0) is 5.41 Å². The molecule has 0 saturated heterocycles. The summed E-state index contributed by atoms with van der Waals surface area (Å²) in [6.07, 6.45) is 4.40. The predicted molar refractivity (Wildman–Crippen MR) is 58.5 cm³/mol. The highest BCUT2D eigenvalue weighted by Gasteiger charge is 2.64. The molecule has 0 heterocycles. The molecule has 0 spiro atoms. The normalized spacial score (nSPS) is 25.0. The second kappa shape index (κ2) is 2.74. The summed E-state index contributed by atoms with van der Waals surface area (Å²) in [5.41, 5.74) is 7.46. The fourth-order valence-electron chi connectivity index (χ4n) is 2.61. The molecule has 0 atom stereocenters. The standard InChI is InChI=1S/C12H13ClFN/c13-9-7-8(1-2-10(9)14)11(3-4-11)12(15)5-6-12/h1-2,7H,3-6,15H2. The minimum absolute atomic E-state index is 0.0336. The molecule has 15 heavy (non-hydrogen) atoms. The van der Waals surface area contributed by atoms with Gasteiger partial charge in [0.25, 0.3) is 0 Å². The largest absolute Gasteiger partial charge is 0.324 e. The van der Waals surface area contributed by atoms with E-state index in [1.807, 2.05) is 6.07 Å². The highest BCUT2D eigenvalue weighted by atomic mass is 35.5. The number of hydrogen-bond donors (Lipinski definition) is 1. The zero-order valence-electron chi connectivity index (χ0n) is 8.39. The summed E-state index contributed by atoms with van der Waals surface area (Å²) in [6.45, 7) is 0. The first-order chi connectivity index (χ1) is 7.07. The van der Waals surface area contributed by atoms with Crippen molar-refractivity contribution in [3.8, 4) is 0 Å². The Morgan fingerprint density at radius 1 is 1.20 bits per heavy atom. The SMILES string of the molecule is NC1(C2(c3ccc(F)c(Cl)c3)CC2)CC1. The Hall–Kier alpha value is -0.600. The highest BCUT2D eigenvalue weighted by Crippen LogP contribution is 2.63.